The number of nitrogens with zero attached hydrogens (tertiary/aromatic N) is 4. The average Bonchev–Trinajstić information content (AvgIpc) is 3.04. The van der Waals surface area contributed by atoms with Crippen molar-refractivity contribution in [1.29, 1.82) is 0 Å². The fourth-order valence-electron chi connectivity index (χ4n) is 4.52. The fourth-order valence-corrected chi connectivity index (χ4v) is 4.52. The van der Waals surface area contributed by atoms with Crippen molar-refractivity contribution in [2.24, 2.45) is 0 Å². The number of phenols is 1. The summed E-state index contributed by atoms with van der Waals surface area (Å²) in [7, 11) is 2.11. The lowest BCUT2D eigenvalue weighted by atomic mass is 9.98. The van der Waals surface area contributed by atoms with Crippen molar-refractivity contribution in [3.63, 3.8) is 0 Å². The largest absolute Gasteiger partial charge is 0.507 e. The third-order valence-corrected chi connectivity index (χ3v) is 6.04. The van der Waals surface area contributed by atoms with Gasteiger partial charge in [0.25, 0.3) is 0 Å². The highest BCUT2D eigenvalue weighted by Crippen LogP contribution is 2.33. The zero-order valence-corrected chi connectivity index (χ0v) is 15.3. The van der Waals surface area contributed by atoms with Crippen LogP contribution in [-0.2, 0) is 0 Å². The Bertz CT molecular complexity index is 962. The second kappa shape index (κ2) is 6.46. The molecular weight excluding hydrogens is 338 g/mol. The third kappa shape index (κ3) is 3.00. The molecule has 0 spiro atoms. The van der Waals surface area contributed by atoms with E-state index < -0.39 is 0 Å². The normalized spacial score (nSPS) is 24.3. The van der Waals surface area contributed by atoms with Gasteiger partial charge in [-0.3, -0.25) is 4.98 Å². The SMILES string of the molecule is CN(c1ccc(-c2cc3ccncc3cc2O)nn1)[C@H]1C[C@H]2CC[C@@H](C1)N2. The Kier molecular flexibility index (Phi) is 3.93. The standard InChI is InChI=1S/C21H23N5O/c1-26(17-10-15-2-3-16(11-17)23-15)21-5-4-19(24-25-21)18-8-13-6-7-22-12-14(13)9-20(18)27/h4-9,12,15-17,23,27H,2-3,10-11H2,1H3/t15-,16+,17+. The number of pyridine rings is 1. The minimum absolute atomic E-state index is 0.195. The Balaban J connectivity index is 1.41. The van der Waals surface area contributed by atoms with E-state index in [4.69, 9.17) is 0 Å². The first-order valence-corrected chi connectivity index (χ1v) is 9.57. The lowest BCUT2D eigenvalue weighted by molar-refractivity contribution is 0.353. The number of fused-ring (bicyclic) bond motifs is 3. The van der Waals surface area contributed by atoms with Gasteiger partial charge in [-0.15, -0.1) is 10.2 Å². The van der Waals surface area contributed by atoms with E-state index in [-0.39, 0.29) is 5.75 Å². The lowest BCUT2D eigenvalue weighted by Gasteiger charge is -2.36. The summed E-state index contributed by atoms with van der Waals surface area (Å²) < 4.78 is 0. The average molecular weight is 361 g/mol. The van der Waals surface area contributed by atoms with E-state index >= 15 is 0 Å². The first-order valence-electron chi connectivity index (χ1n) is 9.57. The number of phenolic OH excluding ortho intramolecular Hbond substituents is 1. The third-order valence-electron chi connectivity index (χ3n) is 6.04. The number of nitrogens with one attached hydrogen (secondary N) is 1. The molecule has 3 atom stereocenters. The van der Waals surface area contributed by atoms with Gasteiger partial charge in [0.05, 0.1) is 5.69 Å². The van der Waals surface area contributed by atoms with Crippen molar-refractivity contribution in [3.8, 4) is 17.0 Å². The van der Waals surface area contributed by atoms with Crippen LogP contribution in [0.5, 0.6) is 5.75 Å². The van der Waals surface area contributed by atoms with Gasteiger partial charge in [-0.1, -0.05) is 0 Å². The number of anilines is 1. The molecule has 2 aromatic heterocycles. The van der Waals surface area contributed by atoms with Gasteiger partial charge in [-0.05, 0) is 61.4 Å². The van der Waals surface area contributed by atoms with Crippen molar-refractivity contribution in [1.82, 2.24) is 20.5 Å². The molecule has 6 nitrogen and oxygen atoms in total. The summed E-state index contributed by atoms with van der Waals surface area (Å²) in [5.74, 6) is 1.08. The Morgan fingerprint density at radius 1 is 1.04 bits per heavy atom. The van der Waals surface area contributed by atoms with Crippen LogP contribution in [-0.4, -0.2) is 45.5 Å². The van der Waals surface area contributed by atoms with E-state index in [0.717, 1.165) is 29.4 Å². The number of hydrogen-bond donors (Lipinski definition) is 2. The van der Waals surface area contributed by atoms with Crippen LogP contribution in [0.15, 0.2) is 42.7 Å². The maximum atomic E-state index is 10.4. The minimum Gasteiger partial charge on any atom is -0.507 e. The number of hydrogen-bond acceptors (Lipinski definition) is 6. The summed E-state index contributed by atoms with van der Waals surface area (Å²) in [6.07, 6.45) is 8.40. The van der Waals surface area contributed by atoms with Gasteiger partial charge in [0.15, 0.2) is 5.82 Å². The molecule has 0 amide bonds. The van der Waals surface area contributed by atoms with Crippen LogP contribution in [0.25, 0.3) is 22.0 Å². The van der Waals surface area contributed by atoms with Crippen molar-refractivity contribution in [2.75, 3.05) is 11.9 Å². The lowest BCUT2D eigenvalue weighted by Crippen LogP contribution is -2.47. The fraction of sp³-hybridized carbons (Fsp3) is 0.381. The maximum Gasteiger partial charge on any atom is 0.151 e. The van der Waals surface area contributed by atoms with E-state index in [2.05, 4.69) is 32.4 Å². The number of rotatable bonds is 3. The summed E-state index contributed by atoms with van der Waals surface area (Å²) in [6.45, 7) is 0. The molecule has 0 saturated carbocycles. The first kappa shape index (κ1) is 16.4. The van der Waals surface area contributed by atoms with Gasteiger partial charge in [-0.2, -0.15) is 0 Å². The molecule has 1 aromatic carbocycles. The van der Waals surface area contributed by atoms with Gasteiger partial charge >= 0.3 is 0 Å². The minimum atomic E-state index is 0.195. The molecule has 2 aliphatic rings. The number of aromatic nitrogens is 3. The van der Waals surface area contributed by atoms with E-state index in [1.54, 1.807) is 18.5 Å². The van der Waals surface area contributed by atoms with E-state index in [0.29, 0.717) is 29.4 Å². The predicted octanol–water partition coefficient (Wildman–Crippen LogP) is 3.12. The van der Waals surface area contributed by atoms with Crippen LogP contribution in [0.3, 0.4) is 0 Å². The van der Waals surface area contributed by atoms with E-state index in [9.17, 15) is 5.11 Å². The van der Waals surface area contributed by atoms with Crippen LogP contribution in [0, 0.1) is 0 Å². The summed E-state index contributed by atoms with van der Waals surface area (Å²) in [5, 5.41) is 24.9. The molecule has 4 heterocycles. The van der Waals surface area contributed by atoms with E-state index in [1.165, 1.54) is 12.8 Å². The molecule has 0 unspecified atom stereocenters. The Hall–Kier alpha value is -2.73. The van der Waals surface area contributed by atoms with Gasteiger partial charge in [0.2, 0.25) is 0 Å². The molecular formula is C21H23N5O. The molecule has 138 valence electrons. The first-order chi connectivity index (χ1) is 13.2. The molecule has 2 fully saturated rings. The highest BCUT2D eigenvalue weighted by molar-refractivity contribution is 5.89. The number of aromatic hydroxyl groups is 1. The summed E-state index contributed by atoms with van der Waals surface area (Å²) >= 11 is 0. The molecule has 3 aromatic rings. The number of benzene rings is 1. The van der Waals surface area contributed by atoms with Crippen LogP contribution in [0.4, 0.5) is 5.82 Å². The Labute approximate surface area is 158 Å². The second-order valence-electron chi connectivity index (χ2n) is 7.74. The van der Waals surface area contributed by atoms with Crippen LogP contribution in [0.2, 0.25) is 0 Å². The molecule has 0 radical (unpaired) electrons. The van der Waals surface area contributed by atoms with Crippen molar-refractivity contribution in [2.45, 2.75) is 43.8 Å². The van der Waals surface area contributed by atoms with E-state index in [1.807, 2.05) is 24.3 Å². The number of piperidine rings is 1. The zero-order valence-electron chi connectivity index (χ0n) is 15.3. The van der Waals surface area contributed by atoms with Crippen LogP contribution >= 0.6 is 0 Å². The predicted molar refractivity (Wildman–Crippen MR) is 106 cm³/mol. The molecule has 2 bridgehead atoms. The topological polar surface area (TPSA) is 74.2 Å². The molecule has 2 aliphatic heterocycles. The van der Waals surface area contributed by atoms with Gasteiger partial charge in [-0.25, -0.2) is 0 Å². The van der Waals surface area contributed by atoms with Crippen molar-refractivity contribution < 1.29 is 5.11 Å². The van der Waals surface area contributed by atoms with Crippen LogP contribution in [0.1, 0.15) is 25.7 Å². The van der Waals surface area contributed by atoms with Crippen molar-refractivity contribution >= 4 is 16.6 Å². The monoisotopic (exact) mass is 361 g/mol. The molecule has 2 saturated heterocycles. The van der Waals surface area contributed by atoms with Crippen LogP contribution < -0.4 is 10.2 Å². The second-order valence-corrected chi connectivity index (χ2v) is 7.74. The summed E-state index contributed by atoms with van der Waals surface area (Å²) in [6, 6.07) is 11.3. The highest BCUT2D eigenvalue weighted by Gasteiger charge is 2.35. The van der Waals surface area contributed by atoms with Gasteiger partial charge in [0.1, 0.15) is 5.75 Å². The summed E-state index contributed by atoms with van der Waals surface area (Å²) in [5.41, 5.74) is 1.36. The highest BCUT2D eigenvalue weighted by atomic mass is 16.3. The molecule has 0 aliphatic carbocycles. The smallest absolute Gasteiger partial charge is 0.151 e. The molecule has 5 rings (SSSR count). The Morgan fingerprint density at radius 2 is 1.85 bits per heavy atom. The van der Waals surface area contributed by atoms with Gasteiger partial charge < -0.3 is 15.3 Å². The molecule has 6 heteroatoms. The molecule has 27 heavy (non-hydrogen) atoms. The van der Waals surface area contributed by atoms with Gasteiger partial charge in [0, 0.05) is 48.5 Å². The Morgan fingerprint density at radius 3 is 2.59 bits per heavy atom. The van der Waals surface area contributed by atoms with Crippen molar-refractivity contribution in [3.05, 3.63) is 42.7 Å². The summed E-state index contributed by atoms with van der Waals surface area (Å²) in [4.78, 5) is 6.36. The quantitative estimate of drug-likeness (QED) is 0.747. The molecule has 2 N–H and O–H groups in total. The zero-order chi connectivity index (χ0) is 18.4. The maximum absolute atomic E-state index is 10.4.